The molecule has 3 aromatic rings. The van der Waals surface area contributed by atoms with Crippen molar-refractivity contribution in [2.24, 2.45) is 0 Å². The molecule has 0 saturated carbocycles. The molecule has 2 aromatic heterocycles. The third kappa shape index (κ3) is 3.46. The van der Waals surface area contributed by atoms with E-state index in [1.54, 1.807) is 38.1 Å². The highest BCUT2D eigenvalue weighted by Gasteiger charge is 2.16. The fourth-order valence-corrected chi connectivity index (χ4v) is 2.47. The van der Waals surface area contributed by atoms with Gasteiger partial charge in [0.15, 0.2) is 5.69 Å². The van der Waals surface area contributed by atoms with Crippen LogP contribution in [0, 0.1) is 13.8 Å². The van der Waals surface area contributed by atoms with Crippen molar-refractivity contribution in [3.05, 3.63) is 53.2 Å². The van der Waals surface area contributed by atoms with Gasteiger partial charge in [-0.2, -0.15) is 0 Å². The second kappa shape index (κ2) is 7.18. The van der Waals surface area contributed by atoms with Gasteiger partial charge in [-0.1, -0.05) is 22.5 Å². The number of hydrogen-bond acceptors (Lipinski definition) is 7. The van der Waals surface area contributed by atoms with Gasteiger partial charge in [0.2, 0.25) is 5.91 Å². The van der Waals surface area contributed by atoms with Crippen molar-refractivity contribution in [3.63, 3.8) is 0 Å². The number of nitrogens with one attached hydrogen (secondary N) is 1. The summed E-state index contributed by atoms with van der Waals surface area (Å²) >= 11 is 0. The van der Waals surface area contributed by atoms with Crippen LogP contribution < -0.4 is 5.32 Å². The number of nitrogens with zero attached hydrogens (tertiary/aromatic N) is 4. The average Bonchev–Trinajstić information content (AvgIpc) is 3.24. The zero-order chi connectivity index (χ0) is 18.7. The number of aryl methyl sites for hydroxylation is 2. The van der Waals surface area contributed by atoms with Crippen molar-refractivity contribution in [2.75, 3.05) is 12.4 Å². The van der Waals surface area contributed by atoms with E-state index in [1.165, 1.54) is 18.0 Å². The van der Waals surface area contributed by atoms with Gasteiger partial charge in [0, 0.05) is 5.56 Å². The summed E-state index contributed by atoms with van der Waals surface area (Å²) in [6.07, 6.45) is 1.57. The summed E-state index contributed by atoms with van der Waals surface area (Å²) in [7, 11) is 1.27. The number of carbonyl (C=O) groups is 2. The number of carbonyl (C=O) groups excluding carboxylic acids is 2. The molecule has 134 valence electrons. The lowest BCUT2D eigenvalue weighted by molar-refractivity contribution is -0.115. The van der Waals surface area contributed by atoms with Crippen molar-refractivity contribution in [3.8, 4) is 5.69 Å². The zero-order valence-electron chi connectivity index (χ0n) is 14.5. The number of para-hydroxylation sites is 2. The van der Waals surface area contributed by atoms with Crippen molar-refractivity contribution in [1.29, 1.82) is 0 Å². The second-order valence-corrected chi connectivity index (χ2v) is 5.58. The number of hydrogen-bond donors (Lipinski definition) is 1. The first-order valence-corrected chi connectivity index (χ1v) is 7.81. The second-order valence-electron chi connectivity index (χ2n) is 5.58. The maximum Gasteiger partial charge on any atom is 0.360 e. The number of benzene rings is 1. The van der Waals surface area contributed by atoms with E-state index in [0.29, 0.717) is 22.8 Å². The maximum atomic E-state index is 12.4. The summed E-state index contributed by atoms with van der Waals surface area (Å²) < 4.78 is 11.1. The summed E-state index contributed by atoms with van der Waals surface area (Å²) in [5, 5.41) is 14.4. The first kappa shape index (κ1) is 17.3. The van der Waals surface area contributed by atoms with E-state index in [4.69, 9.17) is 4.52 Å². The fraction of sp³-hybridized carbons (Fsp3) is 0.235. The quantitative estimate of drug-likeness (QED) is 0.695. The summed E-state index contributed by atoms with van der Waals surface area (Å²) in [5.41, 5.74) is 2.62. The van der Waals surface area contributed by atoms with Crippen LogP contribution in [0.1, 0.15) is 27.5 Å². The largest absolute Gasteiger partial charge is 0.464 e. The summed E-state index contributed by atoms with van der Waals surface area (Å²) in [6, 6.07) is 7.06. The van der Waals surface area contributed by atoms with Crippen LogP contribution in [0.15, 0.2) is 35.0 Å². The van der Waals surface area contributed by atoms with Crippen LogP contribution >= 0.6 is 0 Å². The molecule has 0 spiro atoms. The molecular weight excluding hydrogens is 338 g/mol. The minimum Gasteiger partial charge on any atom is -0.464 e. The Bertz CT molecular complexity index is 940. The molecule has 26 heavy (non-hydrogen) atoms. The normalized spacial score (nSPS) is 10.6. The van der Waals surface area contributed by atoms with E-state index in [9.17, 15) is 9.59 Å². The molecule has 1 amide bonds. The Balaban J connectivity index is 1.82. The van der Waals surface area contributed by atoms with Crippen LogP contribution in [-0.2, 0) is 16.0 Å². The Morgan fingerprint density at radius 1 is 1.27 bits per heavy atom. The van der Waals surface area contributed by atoms with E-state index in [0.717, 1.165) is 5.56 Å². The SMILES string of the molecule is COC(=O)c1cn(-c2ccccc2NC(=O)Cc2c(C)noc2C)nn1. The van der Waals surface area contributed by atoms with Crippen molar-refractivity contribution >= 4 is 17.6 Å². The van der Waals surface area contributed by atoms with E-state index in [1.807, 2.05) is 0 Å². The van der Waals surface area contributed by atoms with Gasteiger partial charge in [0.25, 0.3) is 0 Å². The predicted molar refractivity (Wildman–Crippen MR) is 91.0 cm³/mol. The molecule has 0 bridgehead atoms. The van der Waals surface area contributed by atoms with Crippen molar-refractivity contribution < 1.29 is 18.8 Å². The highest BCUT2D eigenvalue weighted by atomic mass is 16.5. The molecule has 9 heteroatoms. The molecular formula is C17H17N5O4. The highest BCUT2D eigenvalue weighted by Crippen LogP contribution is 2.20. The van der Waals surface area contributed by atoms with E-state index >= 15 is 0 Å². The summed E-state index contributed by atoms with van der Waals surface area (Å²) in [6.45, 7) is 3.55. The third-order valence-electron chi connectivity index (χ3n) is 3.83. The Labute approximate surface area is 148 Å². The first-order chi connectivity index (χ1) is 12.5. The number of aromatic nitrogens is 4. The molecule has 0 aliphatic carbocycles. The number of rotatable bonds is 5. The van der Waals surface area contributed by atoms with Gasteiger partial charge >= 0.3 is 5.97 Å². The number of ether oxygens (including phenoxy) is 1. The van der Waals surface area contributed by atoms with Crippen LogP contribution in [-0.4, -0.2) is 39.1 Å². The number of amides is 1. The number of anilines is 1. The molecule has 0 aliphatic heterocycles. The molecule has 0 aliphatic rings. The molecule has 0 atom stereocenters. The van der Waals surface area contributed by atoms with Gasteiger partial charge < -0.3 is 14.6 Å². The monoisotopic (exact) mass is 355 g/mol. The van der Waals surface area contributed by atoms with Crippen LogP contribution in [0.25, 0.3) is 5.69 Å². The molecule has 1 aromatic carbocycles. The van der Waals surface area contributed by atoms with E-state index in [2.05, 4.69) is 25.5 Å². The Hall–Kier alpha value is -3.49. The molecule has 0 fully saturated rings. The summed E-state index contributed by atoms with van der Waals surface area (Å²) in [4.78, 5) is 24.0. The lowest BCUT2D eigenvalue weighted by Gasteiger charge is -2.10. The van der Waals surface area contributed by atoms with Crippen molar-refractivity contribution in [2.45, 2.75) is 20.3 Å². The topological polar surface area (TPSA) is 112 Å². The maximum absolute atomic E-state index is 12.4. The van der Waals surface area contributed by atoms with Crippen LogP contribution in [0.5, 0.6) is 0 Å². The van der Waals surface area contributed by atoms with E-state index < -0.39 is 5.97 Å². The Morgan fingerprint density at radius 3 is 2.73 bits per heavy atom. The third-order valence-corrected chi connectivity index (χ3v) is 3.83. The van der Waals surface area contributed by atoms with Gasteiger partial charge in [-0.15, -0.1) is 5.10 Å². The Morgan fingerprint density at radius 2 is 2.04 bits per heavy atom. The van der Waals surface area contributed by atoms with Gasteiger partial charge in [-0.25, -0.2) is 9.48 Å². The number of esters is 1. The van der Waals surface area contributed by atoms with E-state index in [-0.39, 0.29) is 18.0 Å². The zero-order valence-corrected chi connectivity index (χ0v) is 14.5. The molecule has 0 radical (unpaired) electrons. The van der Waals surface area contributed by atoms with Gasteiger partial charge in [-0.05, 0) is 26.0 Å². The van der Waals surface area contributed by atoms with Gasteiger partial charge in [0.1, 0.15) is 5.76 Å². The molecule has 9 nitrogen and oxygen atoms in total. The molecule has 0 saturated heterocycles. The van der Waals surface area contributed by atoms with Gasteiger partial charge in [0.05, 0.1) is 36.8 Å². The van der Waals surface area contributed by atoms with Crippen LogP contribution in [0.2, 0.25) is 0 Å². The molecule has 0 unspecified atom stereocenters. The molecule has 3 rings (SSSR count). The van der Waals surface area contributed by atoms with Crippen LogP contribution in [0.3, 0.4) is 0 Å². The standard InChI is InChI=1S/C17H17N5O4/c1-10-12(11(2)26-20-10)8-16(23)18-13-6-4-5-7-15(13)22-9-14(19-21-22)17(24)25-3/h4-7,9H,8H2,1-3H3,(H,18,23). The Kier molecular flexibility index (Phi) is 4.78. The van der Waals surface area contributed by atoms with Crippen LogP contribution in [0.4, 0.5) is 5.69 Å². The minimum atomic E-state index is -0.587. The fourth-order valence-electron chi connectivity index (χ4n) is 2.47. The number of methoxy groups -OCH3 is 1. The first-order valence-electron chi connectivity index (χ1n) is 7.81. The molecule has 2 heterocycles. The molecule has 1 N–H and O–H groups in total. The minimum absolute atomic E-state index is 0.0735. The lowest BCUT2D eigenvalue weighted by Crippen LogP contribution is -2.16. The lowest BCUT2D eigenvalue weighted by atomic mass is 10.1. The predicted octanol–water partition coefficient (Wildman–Crippen LogP) is 1.84. The highest BCUT2D eigenvalue weighted by molar-refractivity contribution is 5.94. The average molecular weight is 355 g/mol. The summed E-state index contributed by atoms with van der Waals surface area (Å²) in [5.74, 6) is -0.193. The van der Waals surface area contributed by atoms with Gasteiger partial charge in [-0.3, -0.25) is 4.79 Å². The van der Waals surface area contributed by atoms with Crippen molar-refractivity contribution in [1.82, 2.24) is 20.2 Å². The smallest absolute Gasteiger partial charge is 0.360 e.